The van der Waals surface area contributed by atoms with Gasteiger partial charge < -0.3 is 15.4 Å². The lowest BCUT2D eigenvalue weighted by atomic mass is 10.1. The van der Waals surface area contributed by atoms with Gasteiger partial charge in [0.15, 0.2) is 0 Å². The highest BCUT2D eigenvalue weighted by molar-refractivity contribution is 8.04. The van der Waals surface area contributed by atoms with Crippen LogP contribution in [0.25, 0.3) is 0 Å². The lowest BCUT2D eigenvalue weighted by molar-refractivity contribution is -0.121. The molecule has 1 aromatic rings. The molecule has 5 nitrogen and oxygen atoms in total. The number of allylic oxidation sites excluding steroid dienone is 1. The number of rotatable bonds is 5. The molecule has 1 saturated carbocycles. The second-order valence-electron chi connectivity index (χ2n) is 6.46. The van der Waals surface area contributed by atoms with E-state index in [1.807, 2.05) is 31.2 Å². The normalized spacial score (nSPS) is 18.0. The Morgan fingerprint density at radius 2 is 1.92 bits per heavy atom. The van der Waals surface area contributed by atoms with Crippen molar-refractivity contribution < 1.29 is 14.3 Å². The number of amides is 2. The van der Waals surface area contributed by atoms with Crippen LogP contribution < -0.4 is 10.6 Å². The van der Waals surface area contributed by atoms with Crippen LogP contribution in [-0.4, -0.2) is 30.2 Å². The van der Waals surface area contributed by atoms with Crippen molar-refractivity contribution in [2.75, 3.05) is 17.7 Å². The maximum absolute atomic E-state index is 12.3. The van der Waals surface area contributed by atoms with E-state index in [1.165, 1.54) is 24.6 Å². The Hall–Kier alpha value is -1.95. The van der Waals surface area contributed by atoms with Gasteiger partial charge in [-0.25, -0.2) is 0 Å². The fraction of sp³-hybridized carbons (Fsp3) is 0.474. The van der Waals surface area contributed by atoms with Gasteiger partial charge in [0.1, 0.15) is 10.7 Å². The molecule has 2 amide bonds. The number of hydrogen-bond acceptors (Lipinski definition) is 4. The Bertz CT molecular complexity index is 664. The van der Waals surface area contributed by atoms with Crippen molar-refractivity contribution >= 4 is 29.3 Å². The molecule has 0 saturated heterocycles. The largest absolute Gasteiger partial charge is 0.496 e. The average Bonchev–Trinajstić information content (AvgIpc) is 3.10. The predicted molar refractivity (Wildman–Crippen MR) is 100 cm³/mol. The van der Waals surface area contributed by atoms with Crippen LogP contribution in [0, 0.1) is 0 Å². The first-order chi connectivity index (χ1) is 12.1. The molecule has 0 bridgehead atoms. The number of thioether (sulfide) groups is 1. The standard InChI is InChI=1S/C19H24N2O3S/c1-13-18(25-11-10-24-13)19(23)21-16-8-6-14(7-9-16)12-17(22)20-15-4-2-3-5-15/h6-9,15H,2-5,10-12H2,1H3,(H,20,22)(H,21,23). The first kappa shape index (κ1) is 17.9. The second-order valence-corrected chi connectivity index (χ2v) is 7.56. The van der Waals surface area contributed by atoms with E-state index in [0.29, 0.717) is 29.7 Å². The summed E-state index contributed by atoms with van der Waals surface area (Å²) < 4.78 is 5.42. The fourth-order valence-electron chi connectivity index (χ4n) is 3.16. The van der Waals surface area contributed by atoms with Crippen LogP contribution in [0.2, 0.25) is 0 Å². The molecule has 0 aromatic heterocycles. The SMILES string of the molecule is CC1=C(C(=O)Nc2ccc(CC(=O)NC3CCCC3)cc2)SCCO1. The fourth-order valence-corrected chi connectivity index (χ4v) is 3.97. The third kappa shape index (κ3) is 5.01. The number of hydrogen-bond donors (Lipinski definition) is 2. The Labute approximate surface area is 152 Å². The molecule has 1 aliphatic heterocycles. The van der Waals surface area contributed by atoms with E-state index in [9.17, 15) is 9.59 Å². The number of ether oxygens (including phenoxy) is 1. The monoisotopic (exact) mass is 360 g/mol. The molecule has 1 aliphatic carbocycles. The van der Waals surface area contributed by atoms with Gasteiger partial charge in [-0.1, -0.05) is 25.0 Å². The molecular weight excluding hydrogens is 336 g/mol. The van der Waals surface area contributed by atoms with E-state index in [0.717, 1.165) is 29.8 Å². The second kappa shape index (κ2) is 8.43. The zero-order chi connectivity index (χ0) is 17.6. The van der Waals surface area contributed by atoms with E-state index in [1.54, 1.807) is 0 Å². The molecule has 3 rings (SSSR count). The van der Waals surface area contributed by atoms with Gasteiger partial charge in [0.2, 0.25) is 5.91 Å². The van der Waals surface area contributed by atoms with Gasteiger partial charge in [-0.15, -0.1) is 11.8 Å². The van der Waals surface area contributed by atoms with Gasteiger partial charge in [0, 0.05) is 17.5 Å². The summed E-state index contributed by atoms with van der Waals surface area (Å²) in [6.45, 7) is 2.46. The van der Waals surface area contributed by atoms with Crippen molar-refractivity contribution in [3.63, 3.8) is 0 Å². The van der Waals surface area contributed by atoms with Gasteiger partial charge in [0.05, 0.1) is 13.0 Å². The number of anilines is 1. The molecule has 0 atom stereocenters. The third-order valence-corrected chi connectivity index (χ3v) is 5.60. The molecular formula is C19H24N2O3S. The van der Waals surface area contributed by atoms with Gasteiger partial charge >= 0.3 is 0 Å². The topological polar surface area (TPSA) is 67.4 Å². The van der Waals surface area contributed by atoms with Gasteiger partial charge in [-0.2, -0.15) is 0 Å². The number of benzene rings is 1. The highest BCUT2D eigenvalue weighted by atomic mass is 32.2. The lowest BCUT2D eigenvalue weighted by Gasteiger charge is -2.17. The van der Waals surface area contributed by atoms with Crippen molar-refractivity contribution in [1.29, 1.82) is 0 Å². The summed E-state index contributed by atoms with van der Waals surface area (Å²) >= 11 is 1.51. The van der Waals surface area contributed by atoms with Crippen LogP contribution >= 0.6 is 11.8 Å². The van der Waals surface area contributed by atoms with Gasteiger partial charge in [-0.05, 0) is 37.5 Å². The summed E-state index contributed by atoms with van der Waals surface area (Å²) in [5.41, 5.74) is 1.66. The number of carbonyl (C=O) groups is 2. The average molecular weight is 360 g/mol. The van der Waals surface area contributed by atoms with Crippen LogP contribution in [0.5, 0.6) is 0 Å². The predicted octanol–water partition coefficient (Wildman–Crippen LogP) is 3.22. The molecule has 2 aliphatic rings. The van der Waals surface area contributed by atoms with Crippen LogP contribution in [0.4, 0.5) is 5.69 Å². The summed E-state index contributed by atoms with van der Waals surface area (Å²) in [7, 11) is 0. The van der Waals surface area contributed by atoms with E-state index in [-0.39, 0.29) is 11.8 Å². The van der Waals surface area contributed by atoms with E-state index < -0.39 is 0 Å². The minimum atomic E-state index is -0.145. The summed E-state index contributed by atoms with van der Waals surface area (Å²) in [5, 5.41) is 5.97. The van der Waals surface area contributed by atoms with Crippen molar-refractivity contribution in [3.05, 3.63) is 40.5 Å². The minimum Gasteiger partial charge on any atom is -0.496 e. The summed E-state index contributed by atoms with van der Waals surface area (Å²) in [6, 6.07) is 7.78. The summed E-state index contributed by atoms with van der Waals surface area (Å²) in [6.07, 6.45) is 4.97. The highest BCUT2D eigenvalue weighted by Gasteiger charge is 2.19. The van der Waals surface area contributed by atoms with Crippen LogP contribution in [0.1, 0.15) is 38.2 Å². The van der Waals surface area contributed by atoms with E-state index in [2.05, 4.69) is 10.6 Å². The van der Waals surface area contributed by atoms with Crippen molar-refractivity contribution in [1.82, 2.24) is 5.32 Å². The van der Waals surface area contributed by atoms with Crippen molar-refractivity contribution in [3.8, 4) is 0 Å². The molecule has 1 aromatic carbocycles. The molecule has 1 fully saturated rings. The van der Waals surface area contributed by atoms with Crippen LogP contribution in [-0.2, 0) is 20.7 Å². The maximum atomic E-state index is 12.3. The molecule has 2 N–H and O–H groups in total. The van der Waals surface area contributed by atoms with Gasteiger partial charge in [-0.3, -0.25) is 9.59 Å². The van der Waals surface area contributed by atoms with E-state index in [4.69, 9.17) is 4.74 Å². The van der Waals surface area contributed by atoms with Crippen LogP contribution in [0.15, 0.2) is 34.9 Å². The molecule has 0 unspecified atom stereocenters. The minimum absolute atomic E-state index is 0.0696. The molecule has 134 valence electrons. The number of nitrogens with one attached hydrogen (secondary N) is 2. The molecule has 0 spiro atoms. The first-order valence-corrected chi connectivity index (χ1v) is 9.76. The van der Waals surface area contributed by atoms with Crippen molar-refractivity contribution in [2.45, 2.75) is 45.1 Å². The maximum Gasteiger partial charge on any atom is 0.265 e. The summed E-state index contributed by atoms with van der Waals surface area (Å²) in [5.74, 6) is 1.39. The molecule has 25 heavy (non-hydrogen) atoms. The zero-order valence-corrected chi connectivity index (χ0v) is 15.3. The van der Waals surface area contributed by atoms with Crippen molar-refractivity contribution in [2.24, 2.45) is 0 Å². The Morgan fingerprint density at radius 1 is 1.20 bits per heavy atom. The Balaban J connectivity index is 1.53. The molecule has 6 heteroatoms. The van der Waals surface area contributed by atoms with E-state index >= 15 is 0 Å². The van der Waals surface area contributed by atoms with Crippen LogP contribution in [0.3, 0.4) is 0 Å². The Morgan fingerprint density at radius 3 is 2.60 bits per heavy atom. The lowest BCUT2D eigenvalue weighted by Crippen LogP contribution is -2.33. The first-order valence-electron chi connectivity index (χ1n) is 8.78. The molecule has 0 radical (unpaired) electrons. The Kier molecular flexibility index (Phi) is 6.02. The van der Waals surface area contributed by atoms with Gasteiger partial charge in [0.25, 0.3) is 5.91 Å². The highest BCUT2D eigenvalue weighted by Crippen LogP contribution is 2.26. The zero-order valence-electron chi connectivity index (χ0n) is 14.5. The summed E-state index contributed by atoms with van der Waals surface area (Å²) in [4.78, 5) is 25.0. The third-order valence-electron chi connectivity index (χ3n) is 4.47. The quantitative estimate of drug-likeness (QED) is 0.846. The smallest absolute Gasteiger partial charge is 0.265 e. The number of carbonyl (C=O) groups excluding carboxylic acids is 2. The molecule has 1 heterocycles.